The first-order chi connectivity index (χ1) is 12.9. The highest BCUT2D eigenvalue weighted by molar-refractivity contribution is 6.33. The van der Waals surface area contributed by atoms with Gasteiger partial charge in [-0.1, -0.05) is 25.4 Å². The summed E-state index contributed by atoms with van der Waals surface area (Å²) in [7, 11) is 0. The van der Waals surface area contributed by atoms with Gasteiger partial charge >= 0.3 is 0 Å². The molecular formula is C19H25ClN4O3. The molecule has 3 rings (SSSR count). The fourth-order valence-corrected chi connectivity index (χ4v) is 3.65. The van der Waals surface area contributed by atoms with Gasteiger partial charge in [0.2, 0.25) is 0 Å². The molecule has 0 spiro atoms. The van der Waals surface area contributed by atoms with Crippen LogP contribution in [0, 0.1) is 12.8 Å². The van der Waals surface area contributed by atoms with E-state index in [1.165, 1.54) is 6.26 Å². The van der Waals surface area contributed by atoms with Crippen LogP contribution in [0.4, 0.5) is 0 Å². The molecule has 8 heteroatoms. The summed E-state index contributed by atoms with van der Waals surface area (Å²) >= 11 is 6.38. The molecular weight excluding hydrogens is 368 g/mol. The highest BCUT2D eigenvalue weighted by atomic mass is 35.5. The third-order valence-electron chi connectivity index (χ3n) is 4.68. The van der Waals surface area contributed by atoms with Crippen LogP contribution in [0.15, 0.2) is 22.8 Å². The number of carbonyl (C=O) groups excluding carboxylic acids is 2. The number of rotatable bonds is 5. The molecule has 0 aliphatic carbocycles. The predicted octanol–water partition coefficient (Wildman–Crippen LogP) is 3.13. The lowest BCUT2D eigenvalue weighted by Gasteiger charge is -2.31. The van der Waals surface area contributed by atoms with Crippen molar-refractivity contribution in [3.8, 4) is 0 Å². The Labute approximate surface area is 163 Å². The minimum absolute atomic E-state index is 0.00191. The molecule has 2 aromatic rings. The topological polar surface area (TPSA) is 80.4 Å². The van der Waals surface area contributed by atoms with Gasteiger partial charge in [-0.25, -0.2) is 0 Å². The fourth-order valence-electron chi connectivity index (χ4n) is 3.32. The minimum atomic E-state index is -0.205. The van der Waals surface area contributed by atoms with Crippen molar-refractivity contribution >= 4 is 23.4 Å². The van der Waals surface area contributed by atoms with E-state index in [4.69, 9.17) is 16.0 Å². The monoisotopic (exact) mass is 392 g/mol. The molecule has 0 unspecified atom stereocenters. The molecule has 0 atom stereocenters. The number of aryl methyl sites for hydroxylation is 1. The molecule has 0 radical (unpaired) electrons. The van der Waals surface area contributed by atoms with Gasteiger partial charge in [-0.2, -0.15) is 5.10 Å². The van der Waals surface area contributed by atoms with E-state index in [0.717, 1.165) is 0 Å². The molecule has 27 heavy (non-hydrogen) atoms. The first kappa shape index (κ1) is 19.5. The Balaban J connectivity index is 1.58. The van der Waals surface area contributed by atoms with Crippen molar-refractivity contribution in [3.05, 3.63) is 40.6 Å². The average Bonchev–Trinajstić information content (AvgIpc) is 3.23. The number of piperidine rings is 1. The zero-order valence-electron chi connectivity index (χ0n) is 15.9. The van der Waals surface area contributed by atoms with E-state index in [-0.39, 0.29) is 17.9 Å². The Morgan fingerprint density at radius 1 is 1.37 bits per heavy atom. The smallest absolute Gasteiger partial charge is 0.289 e. The van der Waals surface area contributed by atoms with E-state index < -0.39 is 0 Å². The van der Waals surface area contributed by atoms with Gasteiger partial charge in [-0.15, -0.1) is 0 Å². The number of hydrogen-bond donors (Lipinski definition) is 1. The number of hydrogen-bond acceptors (Lipinski definition) is 4. The zero-order chi connectivity index (χ0) is 19.6. The third-order valence-corrected chi connectivity index (χ3v) is 5.06. The van der Waals surface area contributed by atoms with Gasteiger partial charge in [0.25, 0.3) is 11.8 Å². The van der Waals surface area contributed by atoms with Crippen molar-refractivity contribution in [1.82, 2.24) is 20.0 Å². The molecule has 1 aliphatic rings. The normalized spacial score (nSPS) is 15.4. The maximum Gasteiger partial charge on any atom is 0.289 e. The van der Waals surface area contributed by atoms with E-state index in [2.05, 4.69) is 24.3 Å². The summed E-state index contributed by atoms with van der Waals surface area (Å²) in [4.78, 5) is 26.8. The summed E-state index contributed by atoms with van der Waals surface area (Å²) in [6.07, 6.45) is 2.87. The summed E-state index contributed by atoms with van der Waals surface area (Å²) in [6, 6.07) is 3.36. The summed E-state index contributed by atoms with van der Waals surface area (Å²) in [5.74, 6) is 0.410. The van der Waals surface area contributed by atoms with E-state index in [1.54, 1.807) is 28.6 Å². The molecule has 0 bridgehead atoms. The van der Waals surface area contributed by atoms with E-state index in [9.17, 15) is 9.59 Å². The predicted molar refractivity (Wildman–Crippen MR) is 102 cm³/mol. The Morgan fingerprint density at radius 2 is 2.07 bits per heavy atom. The molecule has 1 aliphatic heterocycles. The number of furan rings is 1. The number of likely N-dealkylation sites (tertiary alicyclic amines) is 1. The van der Waals surface area contributed by atoms with Gasteiger partial charge in [0.1, 0.15) is 5.15 Å². The second-order valence-corrected chi connectivity index (χ2v) is 7.70. The van der Waals surface area contributed by atoms with E-state index in [1.807, 2.05) is 0 Å². The number of aromatic nitrogens is 2. The maximum absolute atomic E-state index is 12.7. The molecule has 1 N–H and O–H groups in total. The molecule has 1 fully saturated rings. The van der Waals surface area contributed by atoms with Crippen molar-refractivity contribution in [3.63, 3.8) is 0 Å². The van der Waals surface area contributed by atoms with Crippen molar-refractivity contribution in [2.24, 2.45) is 5.92 Å². The highest BCUT2D eigenvalue weighted by Gasteiger charge is 2.28. The van der Waals surface area contributed by atoms with Crippen LogP contribution in [0.3, 0.4) is 0 Å². The van der Waals surface area contributed by atoms with Crippen LogP contribution < -0.4 is 5.32 Å². The maximum atomic E-state index is 12.7. The van der Waals surface area contributed by atoms with E-state index in [0.29, 0.717) is 60.6 Å². The van der Waals surface area contributed by atoms with Crippen molar-refractivity contribution < 1.29 is 14.0 Å². The van der Waals surface area contributed by atoms with Crippen LogP contribution in [0.25, 0.3) is 0 Å². The van der Waals surface area contributed by atoms with Crippen LogP contribution in [-0.4, -0.2) is 45.6 Å². The zero-order valence-corrected chi connectivity index (χ0v) is 16.6. The molecule has 2 aromatic heterocycles. The molecule has 1 saturated heterocycles. The summed E-state index contributed by atoms with van der Waals surface area (Å²) in [5.41, 5.74) is 1.06. The van der Waals surface area contributed by atoms with Crippen LogP contribution in [0.1, 0.15) is 53.3 Å². The minimum Gasteiger partial charge on any atom is -0.459 e. The molecule has 3 heterocycles. The van der Waals surface area contributed by atoms with Crippen LogP contribution >= 0.6 is 11.6 Å². The first-order valence-electron chi connectivity index (χ1n) is 9.23. The summed E-state index contributed by atoms with van der Waals surface area (Å²) < 4.78 is 6.85. The molecule has 0 aromatic carbocycles. The number of nitrogens with zero attached hydrogens (tertiary/aromatic N) is 3. The quantitative estimate of drug-likeness (QED) is 0.847. The largest absolute Gasteiger partial charge is 0.459 e. The average molecular weight is 393 g/mol. The molecule has 7 nitrogen and oxygen atoms in total. The van der Waals surface area contributed by atoms with Crippen LogP contribution in [0.5, 0.6) is 0 Å². The lowest BCUT2D eigenvalue weighted by atomic mass is 10.0. The van der Waals surface area contributed by atoms with Crippen molar-refractivity contribution in [1.29, 1.82) is 0 Å². The van der Waals surface area contributed by atoms with E-state index >= 15 is 0 Å². The Hall–Kier alpha value is -2.28. The summed E-state index contributed by atoms with van der Waals surface area (Å²) in [5, 5.41) is 7.81. The van der Waals surface area contributed by atoms with Gasteiger partial charge in [0.05, 0.1) is 17.5 Å². The van der Waals surface area contributed by atoms with Gasteiger partial charge in [0.15, 0.2) is 5.76 Å². The Morgan fingerprint density at radius 3 is 2.67 bits per heavy atom. The third kappa shape index (κ3) is 4.35. The lowest BCUT2D eigenvalue weighted by molar-refractivity contribution is 0.0667. The SMILES string of the molecule is Cc1nn(CC(C)C)c(Cl)c1C(=O)NC1CCN(C(=O)c2ccco2)CC1. The van der Waals surface area contributed by atoms with Crippen LogP contribution in [-0.2, 0) is 6.54 Å². The van der Waals surface area contributed by atoms with Gasteiger partial charge < -0.3 is 14.6 Å². The molecule has 0 saturated carbocycles. The van der Waals surface area contributed by atoms with Gasteiger partial charge in [-0.05, 0) is 37.8 Å². The Kier molecular flexibility index (Phi) is 5.89. The number of carbonyl (C=O) groups is 2. The van der Waals surface area contributed by atoms with Crippen LogP contribution in [0.2, 0.25) is 5.15 Å². The van der Waals surface area contributed by atoms with Gasteiger partial charge in [0, 0.05) is 25.7 Å². The van der Waals surface area contributed by atoms with Crippen molar-refractivity contribution in [2.75, 3.05) is 13.1 Å². The second-order valence-electron chi connectivity index (χ2n) is 7.34. The fraction of sp³-hybridized carbons (Fsp3) is 0.526. The standard InChI is InChI=1S/C19H25ClN4O3/c1-12(2)11-24-17(20)16(13(3)22-24)18(25)21-14-6-8-23(9-7-14)19(26)15-5-4-10-27-15/h4-5,10,12,14H,6-9,11H2,1-3H3,(H,21,25). The second kappa shape index (κ2) is 8.17. The number of amides is 2. The van der Waals surface area contributed by atoms with Crippen molar-refractivity contribution in [2.45, 2.75) is 46.2 Å². The number of halogens is 1. The summed E-state index contributed by atoms with van der Waals surface area (Å²) in [6.45, 7) is 7.76. The first-order valence-corrected chi connectivity index (χ1v) is 9.61. The van der Waals surface area contributed by atoms with Gasteiger partial charge in [-0.3, -0.25) is 14.3 Å². The lowest BCUT2D eigenvalue weighted by Crippen LogP contribution is -2.46. The molecule has 2 amide bonds. The highest BCUT2D eigenvalue weighted by Crippen LogP contribution is 2.22. The number of nitrogens with one attached hydrogen (secondary N) is 1. The Bertz CT molecular complexity index is 805. The molecule has 146 valence electrons.